The fraction of sp³-hybridized carbons (Fsp3) is 0.516. The van der Waals surface area contributed by atoms with Crippen LogP contribution in [-0.2, 0) is 26.9 Å². The molecule has 2 unspecified atom stereocenters. The molecule has 3 heterocycles. The van der Waals surface area contributed by atoms with Gasteiger partial charge in [0.25, 0.3) is 5.91 Å². The van der Waals surface area contributed by atoms with Gasteiger partial charge in [0.05, 0.1) is 36.5 Å². The highest BCUT2D eigenvalue weighted by Gasteiger charge is 2.68. The van der Waals surface area contributed by atoms with Crippen LogP contribution in [0.2, 0.25) is 0 Å². The molecule has 6 atom stereocenters. The molecule has 2 amide bonds. The van der Waals surface area contributed by atoms with E-state index in [9.17, 15) is 9.59 Å². The van der Waals surface area contributed by atoms with Crippen molar-refractivity contribution >= 4 is 18.9 Å². The molecule has 7 rings (SSSR count). The highest BCUT2D eigenvalue weighted by atomic mass is 16.7. The maximum atomic E-state index is 13.9. The Labute approximate surface area is 246 Å². The quantitative estimate of drug-likeness (QED) is 0.335. The average molecular weight is 571 g/mol. The summed E-state index contributed by atoms with van der Waals surface area (Å²) in [4.78, 5) is 39.0. The predicted octanol–water partition coefficient (Wildman–Crippen LogP) is 3.58. The molecule has 2 bridgehead atoms. The SMILES string of the molecule is CC1(C)[C@@H]2C[C@H]3OB(C(CCCc4ccccc4)NC(=O)C(Cc4ncco4)NC(=O)c4cnccn4)O[C@@]3(C)[C@H]1C2. The van der Waals surface area contributed by atoms with Crippen LogP contribution in [-0.4, -0.2) is 57.6 Å². The minimum atomic E-state index is -0.958. The first-order valence-electron chi connectivity index (χ1n) is 14.9. The maximum absolute atomic E-state index is 13.9. The number of aryl methyl sites for hydroxylation is 1. The molecular weight excluding hydrogens is 533 g/mol. The summed E-state index contributed by atoms with van der Waals surface area (Å²) in [5.74, 6) is 0.0730. The first-order valence-corrected chi connectivity index (χ1v) is 14.9. The molecule has 4 fully saturated rings. The van der Waals surface area contributed by atoms with Crippen molar-refractivity contribution in [2.24, 2.45) is 17.3 Å². The summed E-state index contributed by atoms with van der Waals surface area (Å²) < 4.78 is 18.8. The van der Waals surface area contributed by atoms with Gasteiger partial charge in [-0.2, -0.15) is 0 Å². The Morgan fingerprint density at radius 2 is 1.90 bits per heavy atom. The van der Waals surface area contributed by atoms with E-state index in [1.165, 1.54) is 36.6 Å². The van der Waals surface area contributed by atoms with Crippen molar-refractivity contribution in [1.82, 2.24) is 25.6 Å². The zero-order valence-corrected chi connectivity index (χ0v) is 24.4. The van der Waals surface area contributed by atoms with Gasteiger partial charge in [-0.25, -0.2) is 9.97 Å². The van der Waals surface area contributed by atoms with Crippen LogP contribution in [0.4, 0.5) is 0 Å². The van der Waals surface area contributed by atoms with Crippen LogP contribution in [0, 0.1) is 17.3 Å². The topological polar surface area (TPSA) is 128 Å². The minimum absolute atomic E-state index is 0.00715. The van der Waals surface area contributed by atoms with E-state index in [1.54, 1.807) is 0 Å². The first kappa shape index (κ1) is 28.5. The number of carbonyl (C=O) groups is 2. The van der Waals surface area contributed by atoms with Gasteiger partial charge in [-0.05, 0) is 61.8 Å². The number of hydrogen-bond acceptors (Lipinski definition) is 8. The molecule has 3 saturated carbocycles. The number of oxazole rings is 1. The molecule has 2 aromatic heterocycles. The van der Waals surface area contributed by atoms with Crippen LogP contribution in [0.25, 0.3) is 0 Å². The predicted molar refractivity (Wildman–Crippen MR) is 155 cm³/mol. The second-order valence-electron chi connectivity index (χ2n) is 12.6. The monoisotopic (exact) mass is 571 g/mol. The molecule has 4 aliphatic rings. The van der Waals surface area contributed by atoms with Crippen molar-refractivity contribution in [3.63, 3.8) is 0 Å². The summed E-state index contributed by atoms with van der Waals surface area (Å²) in [5, 5.41) is 5.98. The lowest BCUT2D eigenvalue weighted by Gasteiger charge is -2.64. The zero-order valence-electron chi connectivity index (χ0n) is 24.4. The Balaban J connectivity index is 1.20. The first-order chi connectivity index (χ1) is 20.2. The van der Waals surface area contributed by atoms with E-state index >= 15 is 0 Å². The normalized spacial score (nSPS) is 26.9. The Kier molecular flexibility index (Phi) is 7.89. The summed E-state index contributed by atoms with van der Waals surface area (Å²) in [5.41, 5.74) is 1.16. The number of aromatic nitrogens is 3. The van der Waals surface area contributed by atoms with E-state index in [0.717, 1.165) is 25.7 Å². The number of rotatable bonds is 11. The Hall–Kier alpha value is -3.57. The summed E-state index contributed by atoms with van der Waals surface area (Å²) in [6, 6.07) is 9.32. The second kappa shape index (κ2) is 11.6. The number of benzene rings is 1. The molecule has 42 heavy (non-hydrogen) atoms. The third kappa shape index (κ3) is 5.59. The lowest BCUT2D eigenvalue weighted by molar-refractivity contribution is -0.199. The molecule has 0 spiro atoms. The van der Waals surface area contributed by atoms with Crippen molar-refractivity contribution in [2.45, 2.75) is 83.0 Å². The van der Waals surface area contributed by atoms with Crippen molar-refractivity contribution in [2.75, 3.05) is 0 Å². The third-order valence-electron chi connectivity index (χ3n) is 9.73. The average Bonchev–Trinajstić information content (AvgIpc) is 3.64. The van der Waals surface area contributed by atoms with Gasteiger partial charge in [0.2, 0.25) is 5.91 Å². The lowest BCUT2D eigenvalue weighted by Crippen LogP contribution is -2.65. The van der Waals surface area contributed by atoms with Gasteiger partial charge in [0.1, 0.15) is 18.0 Å². The van der Waals surface area contributed by atoms with Crippen molar-refractivity contribution in [3.8, 4) is 0 Å². The molecular formula is C31H38BN5O5. The summed E-state index contributed by atoms with van der Waals surface area (Å²) >= 11 is 0. The van der Waals surface area contributed by atoms with E-state index < -0.39 is 30.6 Å². The van der Waals surface area contributed by atoms with Crippen LogP contribution in [0.5, 0.6) is 0 Å². The van der Waals surface area contributed by atoms with Crippen LogP contribution in [0.15, 0.2) is 65.8 Å². The molecule has 0 radical (unpaired) electrons. The van der Waals surface area contributed by atoms with Crippen molar-refractivity contribution in [1.29, 1.82) is 0 Å². The molecule has 10 nitrogen and oxygen atoms in total. The number of nitrogens with one attached hydrogen (secondary N) is 2. The van der Waals surface area contributed by atoms with Crippen LogP contribution >= 0.6 is 0 Å². The minimum Gasteiger partial charge on any atom is -0.449 e. The van der Waals surface area contributed by atoms with E-state index in [2.05, 4.69) is 58.5 Å². The molecule has 1 aliphatic heterocycles. The third-order valence-corrected chi connectivity index (χ3v) is 9.73. The van der Waals surface area contributed by atoms with E-state index in [0.29, 0.717) is 24.1 Å². The van der Waals surface area contributed by atoms with Gasteiger partial charge in [0, 0.05) is 12.4 Å². The van der Waals surface area contributed by atoms with Gasteiger partial charge in [0.15, 0.2) is 5.89 Å². The Morgan fingerprint density at radius 3 is 2.62 bits per heavy atom. The molecule has 3 aliphatic carbocycles. The summed E-state index contributed by atoms with van der Waals surface area (Å²) in [6.07, 6.45) is 11.7. The van der Waals surface area contributed by atoms with Gasteiger partial charge in [-0.15, -0.1) is 0 Å². The van der Waals surface area contributed by atoms with Gasteiger partial charge >= 0.3 is 7.12 Å². The number of amides is 2. The van der Waals surface area contributed by atoms with Crippen molar-refractivity contribution in [3.05, 3.63) is 78.5 Å². The smallest absolute Gasteiger partial charge is 0.449 e. The Morgan fingerprint density at radius 1 is 1.07 bits per heavy atom. The van der Waals surface area contributed by atoms with Gasteiger partial charge < -0.3 is 24.4 Å². The molecule has 1 saturated heterocycles. The fourth-order valence-electron chi connectivity index (χ4n) is 7.19. The van der Waals surface area contributed by atoms with Crippen LogP contribution in [0.1, 0.15) is 68.4 Å². The molecule has 11 heteroatoms. The second-order valence-corrected chi connectivity index (χ2v) is 12.6. The van der Waals surface area contributed by atoms with E-state index in [4.69, 9.17) is 13.7 Å². The maximum Gasteiger partial charge on any atom is 0.481 e. The lowest BCUT2D eigenvalue weighted by atomic mass is 9.43. The highest BCUT2D eigenvalue weighted by molar-refractivity contribution is 6.47. The van der Waals surface area contributed by atoms with Gasteiger partial charge in [-0.3, -0.25) is 14.6 Å². The van der Waals surface area contributed by atoms with Gasteiger partial charge in [-0.1, -0.05) is 44.2 Å². The van der Waals surface area contributed by atoms with E-state index in [1.807, 2.05) is 18.2 Å². The highest BCUT2D eigenvalue weighted by Crippen LogP contribution is 2.65. The molecule has 220 valence electrons. The molecule has 2 N–H and O–H groups in total. The van der Waals surface area contributed by atoms with Crippen molar-refractivity contribution < 1.29 is 23.3 Å². The fourth-order valence-corrected chi connectivity index (χ4v) is 7.19. The summed E-state index contributed by atoms with van der Waals surface area (Å²) in [7, 11) is -0.590. The zero-order chi connectivity index (χ0) is 29.3. The number of hydrogen-bond donors (Lipinski definition) is 2. The summed E-state index contributed by atoms with van der Waals surface area (Å²) in [6.45, 7) is 6.83. The van der Waals surface area contributed by atoms with E-state index in [-0.39, 0.29) is 29.5 Å². The number of nitrogens with zero attached hydrogens (tertiary/aromatic N) is 3. The largest absolute Gasteiger partial charge is 0.481 e. The molecule has 1 aromatic carbocycles. The Bertz CT molecular complexity index is 1370. The van der Waals surface area contributed by atoms with Crippen LogP contribution in [0.3, 0.4) is 0 Å². The number of carbonyl (C=O) groups excluding carboxylic acids is 2. The standard InChI is InChI=1S/C31H38BN5O5/c1-30(2)21-16-24(30)31(3)25(17-21)41-32(42-31)26(11-7-10-20-8-5-4-6-9-20)37-28(38)22(18-27-35-14-15-40-27)36-29(39)23-19-33-12-13-34-23/h4-6,8-9,12-15,19,21-22,24-26H,7,10-11,16-18H2,1-3H3,(H,36,39)(H,37,38)/t21-,22?,24-,25+,26?,31-/m0/s1. The molecule has 3 aromatic rings. The van der Waals surface area contributed by atoms with Crippen LogP contribution < -0.4 is 10.6 Å².